The molecule has 0 bridgehead atoms. The van der Waals surface area contributed by atoms with Gasteiger partial charge in [-0.25, -0.2) is 0 Å². The second-order valence-electron chi connectivity index (χ2n) is 4.01. The maximum absolute atomic E-state index is 12.7. The van der Waals surface area contributed by atoms with Crippen molar-refractivity contribution in [2.75, 3.05) is 6.54 Å². The Balaban J connectivity index is 2.43. The minimum atomic E-state index is -4.46. The zero-order chi connectivity index (χ0) is 12.1. The molecule has 0 saturated heterocycles. The van der Waals surface area contributed by atoms with Crippen LogP contribution in [0, 0.1) is 5.92 Å². The number of aryl methyl sites for hydroxylation is 1. The summed E-state index contributed by atoms with van der Waals surface area (Å²) >= 11 is 5.84. The van der Waals surface area contributed by atoms with Crippen molar-refractivity contribution >= 4 is 11.6 Å². The SMILES string of the molecule is Cn1nc(C(F)(F)F)c(C2CC2CN)c1Cl. The van der Waals surface area contributed by atoms with E-state index in [1.165, 1.54) is 7.05 Å². The van der Waals surface area contributed by atoms with Crippen molar-refractivity contribution in [3.63, 3.8) is 0 Å². The van der Waals surface area contributed by atoms with Crippen LogP contribution >= 0.6 is 11.6 Å². The van der Waals surface area contributed by atoms with Gasteiger partial charge in [0.1, 0.15) is 5.15 Å². The molecule has 1 heterocycles. The fraction of sp³-hybridized carbons (Fsp3) is 0.667. The minimum absolute atomic E-state index is 0.0632. The van der Waals surface area contributed by atoms with E-state index in [1.54, 1.807) is 0 Å². The Morgan fingerprint density at radius 2 is 2.19 bits per heavy atom. The quantitative estimate of drug-likeness (QED) is 0.878. The summed E-state index contributed by atoms with van der Waals surface area (Å²) in [4.78, 5) is 0. The average molecular weight is 254 g/mol. The van der Waals surface area contributed by atoms with Crippen LogP contribution in [-0.4, -0.2) is 16.3 Å². The topological polar surface area (TPSA) is 43.8 Å². The summed E-state index contributed by atoms with van der Waals surface area (Å²) in [6.45, 7) is 0.382. The molecule has 1 aliphatic rings. The normalized spacial score (nSPS) is 24.9. The Morgan fingerprint density at radius 1 is 1.56 bits per heavy atom. The molecule has 0 aliphatic heterocycles. The van der Waals surface area contributed by atoms with E-state index in [0.29, 0.717) is 13.0 Å². The highest BCUT2D eigenvalue weighted by molar-refractivity contribution is 6.30. The molecule has 1 saturated carbocycles. The van der Waals surface area contributed by atoms with Crippen LogP contribution in [-0.2, 0) is 13.2 Å². The first-order valence-corrected chi connectivity index (χ1v) is 5.23. The first kappa shape index (κ1) is 11.7. The highest BCUT2D eigenvalue weighted by atomic mass is 35.5. The average Bonchev–Trinajstić information content (AvgIpc) is 2.88. The Labute approximate surface area is 95.4 Å². The number of nitrogens with zero attached hydrogens (tertiary/aromatic N) is 2. The van der Waals surface area contributed by atoms with Crippen molar-refractivity contribution in [2.24, 2.45) is 18.7 Å². The number of aromatic nitrogens is 2. The van der Waals surface area contributed by atoms with Gasteiger partial charge in [-0.2, -0.15) is 18.3 Å². The molecule has 1 aliphatic carbocycles. The Kier molecular flexibility index (Phi) is 2.66. The smallest absolute Gasteiger partial charge is 0.330 e. The molecule has 90 valence electrons. The molecule has 2 unspecified atom stereocenters. The summed E-state index contributed by atoms with van der Waals surface area (Å²) in [6, 6.07) is 0. The van der Waals surface area contributed by atoms with E-state index in [0.717, 1.165) is 4.68 Å². The van der Waals surface area contributed by atoms with E-state index in [1.807, 2.05) is 0 Å². The predicted molar refractivity (Wildman–Crippen MR) is 53.1 cm³/mol. The number of hydrogen-bond acceptors (Lipinski definition) is 2. The third kappa shape index (κ3) is 1.80. The molecular formula is C9H11ClF3N3. The minimum Gasteiger partial charge on any atom is -0.330 e. The highest BCUT2D eigenvalue weighted by Crippen LogP contribution is 2.52. The molecule has 1 fully saturated rings. The lowest BCUT2D eigenvalue weighted by Gasteiger charge is -2.05. The van der Waals surface area contributed by atoms with Crippen LogP contribution in [0.4, 0.5) is 13.2 Å². The lowest BCUT2D eigenvalue weighted by Crippen LogP contribution is -2.10. The number of hydrogen-bond donors (Lipinski definition) is 1. The van der Waals surface area contributed by atoms with Gasteiger partial charge in [0.15, 0.2) is 5.69 Å². The zero-order valence-electron chi connectivity index (χ0n) is 8.55. The van der Waals surface area contributed by atoms with E-state index in [2.05, 4.69) is 5.10 Å². The van der Waals surface area contributed by atoms with Crippen LogP contribution in [0.1, 0.15) is 23.6 Å². The molecule has 2 N–H and O–H groups in total. The van der Waals surface area contributed by atoms with Crippen LogP contribution in [0.3, 0.4) is 0 Å². The largest absolute Gasteiger partial charge is 0.435 e. The van der Waals surface area contributed by atoms with Gasteiger partial charge in [0.05, 0.1) is 0 Å². The van der Waals surface area contributed by atoms with Crippen molar-refractivity contribution < 1.29 is 13.2 Å². The standard InChI is InChI=1S/C9H11ClF3N3/c1-16-8(10)6(5-2-4(5)3-14)7(15-16)9(11,12)13/h4-5H,2-3,14H2,1H3. The summed E-state index contributed by atoms with van der Waals surface area (Å²) in [5, 5.41) is 3.49. The van der Waals surface area contributed by atoms with E-state index >= 15 is 0 Å². The molecular weight excluding hydrogens is 243 g/mol. The van der Waals surface area contributed by atoms with Gasteiger partial charge in [-0.3, -0.25) is 4.68 Å². The summed E-state index contributed by atoms with van der Waals surface area (Å²) in [5.41, 5.74) is 4.66. The van der Waals surface area contributed by atoms with Crippen molar-refractivity contribution in [3.05, 3.63) is 16.4 Å². The number of nitrogens with two attached hydrogens (primary N) is 1. The summed E-state index contributed by atoms with van der Waals surface area (Å²) in [5.74, 6) is -0.0920. The molecule has 16 heavy (non-hydrogen) atoms. The second kappa shape index (κ2) is 3.63. The summed E-state index contributed by atoms with van der Waals surface area (Å²) in [6.07, 6.45) is -3.80. The monoisotopic (exact) mass is 253 g/mol. The molecule has 1 aromatic rings. The van der Waals surface area contributed by atoms with E-state index < -0.39 is 11.9 Å². The number of rotatable bonds is 2. The summed E-state index contributed by atoms with van der Waals surface area (Å²) in [7, 11) is 1.40. The van der Waals surface area contributed by atoms with E-state index in [4.69, 9.17) is 17.3 Å². The van der Waals surface area contributed by atoms with Crippen LogP contribution < -0.4 is 5.73 Å². The predicted octanol–water partition coefficient (Wildman–Crippen LogP) is 2.15. The lowest BCUT2D eigenvalue weighted by atomic mass is 10.1. The van der Waals surface area contributed by atoms with Gasteiger partial charge >= 0.3 is 6.18 Å². The Morgan fingerprint density at radius 3 is 2.62 bits per heavy atom. The molecule has 0 aromatic carbocycles. The number of alkyl halides is 3. The fourth-order valence-corrected chi connectivity index (χ4v) is 2.19. The second-order valence-corrected chi connectivity index (χ2v) is 4.37. The van der Waals surface area contributed by atoms with Crippen LogP contribution in [0.25, 0.3) is 0 Å². The molecule has 3 nitrogen and oxygen atoms in total. The maximum atomic E-state index is 12.7. The Bertz CT molecular complexity index is 413. The van der Waals surface area contributed by atoms with Gasteiger partial charge < -0.3 is 5.73 Å². The van der Waals surface area contributed by atoms with Crippen molar-refractivity contribution in [1.82, 2.24) is 9.78 Å². The molecule has 7 heteroatoms. The van der Waals surface area contributed by atoms with Crippen LogP contribution in [0.15, 0.2) is 0 Å². The van der Waals surface area contributed by atoms with Gasteiger partial charge in [0.2, 0.25) is 0 Å². The van der Waals surface area contributed by atoms with E-state index in [-0.39, 0.29) is 22.6 Å². The molecule has 0 amide bonds. The van der Waals surface area contributed by atoms with Gasteiger partial charge in [-0.1, -0.05) is 11.6 Å². The lowest BCUT2D eigenvalue weighted by molar-refractivity contribution is -0.142. The van der Waals surface area contributed by atoms with Gasteiger partial charge in [-0.15, -0.1) is 0 Å². The molecule has 1 aromatic heterocycles. The van der Waals surface area contributed by atoms with Crippen molar-refractivity contribution in [1.29, 1.82) is 0 Å². The zero-order valence-corrected chi connectivity index (χ0v) is 9.31. The van der Waals surface area contributed by atoms with Crippen molar-refractivity contribution in [3.8, 4) is 0 Å². The van der Waals surface area contributed by atoms with Crippen LogP contribution in [0.5, 0.6) is 0 Å². The fourth-order valence-electron chi connectivity index (χ4n) is 1.92. The molecule has 2 atom stereocenters. The Hall–Kier alpha value is -0.750. The third-order valence-electron chi connectivity index (χ3n) is 2.88. The maximum Gasteiger partial charge on any atom is 0.435 e. The highest BCUT2D eigenvalue weighted by Gasteiger charge is 2.47. The first-order valence-electron chi connectivity index (χ1n) is 4.86. The van der Waals surface area contributed by atoms with Gasteiger partial charge in [-0.05, 0) is 24.8 Å². The number of halogens is 4. The molecule has 0 spiro atoms. The van der Waals surface area contributed by atoms with Gasteiger partial charge in [0, 0.05) is 12.6 Å². The van der Waals surface area contributed by atoms with Crippen LogP contribution in [0.2, 0.25) is 5.15 Å². The first-order chi connectivity index (χ1) is 7.36. The van der Waals surface area contributed by atoms with Crippen molar-refractivity contribution in [2.45, 2.75) is 18.5 Å². The van der Waals surface area contributed by atoms with E-state index in [9.17, 15) is 13.2 Å². The third-order valence-corrected chi connectivity index (χ3v) is 3.32. The summed E-state index contributed by atoms with van der Waals surface area (Å²) < 4.78 is 39.1. The van der Waals surface area contributed by atoms with Gasteiger partial charge in [0.25, 0.3) is 0 Å². The molecule has 2 rings (SSSR count). The molecule has 0 radical (unpaired) electrons.